The molecule has 0 saturated carbocycles. The number of amides is 2. The predicted octanol–water partition coefficient (Wildman–Crippen LogP) is 2.08. The van der Waals surface area contributed by atoms with E-state index in [2.05, 4.69) is 20.6 Å². The number of aliphatic carboxylic acids is 1. The van der Waals surface area contributed by atoms with E-state index in [1.165, 1.54) is 18.7 Å². The molecule has 8 nitrogen and oxygen atoms in total. The maximum atomic E-state index is 12.7. The van der Waals surface area contributed by atoms with Crippen LogP contribution in [-0.2, 0) is 9.59 Å². The highest BCUT2D eigenvalue weighted by Gasteiger charge is 2.24. The summed E-state index contributed by atoms with van der Waals surface area (Å²) in [5.74, 6) is -1.95. The Bertz CT molecular complexity index is 1090. The molecule has 2 atom stereocenters. The van der Waals surface area contributed by atoms with Crippen molar-refractivity contribution in [2.24, 2.45) is 0 Å². The first-order valence-electron chi connectivity index (χ1n) is 9.03. The number of carboxylic acids is 1. The topological polar surface area (TPSA) is 124 Å². The molecule has 9 heteroatoms. The first-order valence-corrected chi connectivity index (χ1v) is 10.4. The van der Waals surface area contributed by atoms with Crippen molar-refractivity contribution in [2.75, 3.05) is 12.0 Å². The molecule has 3 aromatic rings. The average molecular weight is 414 g/mol. The largest absolute Gasteiger partial charge is 0.480 e. The second kappa shape index (κ2) is 8.52. The molecule has 0 bridgehead atoms. The molecule has 0 radical (unpaired) electrons. The number of H-pyrrole nitrogens is 1. The van der Waals surface area contributed by atoms with Gasteiger partial charge in [-0.2, -0.15) is 11.8 Å². The Balaban J connectivity index is 1.79. The van der Waals surface area contributed by atoms with Gasteiger partial charge in [-0.15, -0.1) is 0 Å². The number of rotatable bonds is 7. The van der Waals surface area contributed by atoms with Gasteiger partial charge in [0.05, 0.1) is 11.2 Å². The summed E-state index contributed by atoms with van der Waals surface area (Å²) < 4.78 is 0. The van der Waals surface area contributed by atoms with Crippen LogP contribution in [0.5, 0.6) is 0 Å². The quantitative estimate of drug-likeness (QED) is 0.469. The molecule has 1 aromatic carbocycles. The van der Waals surface area contributed by atoms with Crippen LogP contribution in [0.1, 0.15) is 23.1 Å². The minimum Gasteiger partial charge on any atom is -0.480 e. The minimum atomic E-state index is -1.12. The monoisotopic (exact) mass is 414 g/mol. The lowest BCUT2D eigenvalue weighted by Crippen LogP contribution is -2.51. The molecule has 0 saturated heterocycles. The Hall–Kier alpha value is -3.07. The summed E-state index contributed by atoms with van der Waals surface area (Å²) in [7, 11) is 0. The number of hydrogen-bond donors (Lipinski definition) is 4. The second-order valence-electron chi connectivity index (χ2n) is 6.74. The van der Waals surface area contributed by atoms with Gasteiger partial charge in [0, 0.05) is 22.0 Å². The summed E-state index contributed by atoms with van der Waals surface area (Å²) in [6.45, 7) is 3.31. The summed E-state index contributed by atoms with van der Waals surface area (Å²) in [6.07, 6.45) is 1.75. The molecular weight excluding hydrogens is 392 g/mol. The van der Waals surface area contributed by atoms with Gasteiger partial charge in [0.25, 0.3) is 5.91 Å². The van der Waals surface area contributed by atoms with Crippen molar-refractivity contribution in [1.82, 2.24) is 20.6 Å². The van der Waals surface area contributed by atoms with Crippen molar-refractivity contribution in [1.29, 1.82) is 0 Å². The molecule has 4 N–H and O–H groups in total. The number of pyridine rings is 1. The first-order chi connectivity index (χ1) is 13.8. The Kier molecular flexibility index (Phi) is 6.07. The lowest BCUT2D eigenvalue weighted by Gasteiger charge is -2.18. The van der Waals surface area contributed by atoms with Crippen LogP contribution in [0.25, 0.3) is 21.8 Å². The zero-order valence-electron chi connectivity index (χ0n) is 16.3. The van der Waals surface area contributed by atoms with E-state index in [9.17, 15) is 14.4 Å². The van der Waals surface area contributed by atoms with E-state index in [-0.39, 0.29) is 11.4 Å². The molecule has 0 aliphatic heterocycles. The van der Waals surface area contributed by atoms with Crippen LogP contribution >= 0.6 is 11.8 Å². The molecule has 2 amide bonds. The third kappa shape index (κ3) is 4.34. The zero-order chi connectivity index (χ0) is 21.1. The average Bonchev–Trinajstić information content (AvgIpc) is 3.06. The molecule has 3 rings (SSSR count). The number of carbonyl (C=O) groups is 3. The number of nitrogens with one attached hydrogen (secondary N) is 3. The molecule has 0 aliphatic carbocycles. The fourth-order valence-corrected chi connectivity index (χ4v) is 3.65. The minimum absolute atomic E-state index is 0.193. The highest BCUT2D eigenvalue weighted by Crippen LogP contribution is 2.27. The van der Waals surface area contributed by atoms with Gasteiger partial charge in [0.1, 0.15) is 17.8 Å². The molecule has 0 aliphatic rings. The van der Waals surface area contributed by atoms with Gasteiger partial charge in [-0.3, -0.25) is 9.59 Å². The number of aryl methyl sites for hydroxylation is 1. The van der Waals surface area contributed by atoms with E-state index >= 15 is 0 Å². The number of carboxylic acid groups (broad SMARTS) is 1. The summed E-state index contributed by atoms with van der Waals surface area (Å²) in [5, 5.41) is 16.0. The summed E-state index contributed by atoms with van der Waals surface area (Å²) in [5.41, 5.74) is 2.67. The van der Waals surface area contributed by atoms with Crippen LogP contribution in [0.15, 0.2) is 30.3 Å². The summed E-state index contributed by atoms with van der Waals surface area (Å²) >= 11 is 1.31. The van der Waals surface area contributed by atoms with E-state index in [1.54, 1.807) is 12.3 Å². The van der Waals surface area contributed by atoms with E-state index in [4.69, 9.17) is 5.11 Å². The molecule has 2 heterocycles. The smallest absolute Gasteiger partial charge is 0.327 e. The van der Waals surface area contributed by atoms with E-state index in [0.717, 1.165) is 21.8 Å². The van der Waals surface area contributed by atoms with E-state index in [0.29, 0.717) is 5.69 Å². The lowest BCUT2D eigenvalue weighted by molar-refractivity contribution is -0.141. The normalized spacial score (nSPS) is 13.2. The van der Waals surface area contributed by atoms with Crippen molar-refractivity contribution >= 4 is 51.4 Å². The van der Waals surface area contributed by atoms with Crippen molar-refractivity contribution in [2.45, 2.75) is 25.9 Å². The number of fused-ring (bicyclic) bond motifs is 3. The summed E-state index contributed by atoms with van der Waals surface area (Å²) in [4.78, 5) is 43.8. The van der Waals surface area contributed by atoms with E-state index in [1.807, 2.05) is 31.2 Å². The lowest BCUT2D eigenvalue weighted by atomic mass is 10.1. The van der Waals surface area contributed by atoms with Crippen LogP contribution in [0.4, 0.5) is 0 Å². The standard InChI is InChI=1S/C20H22N4O4S/c1-10-17-13(12-6-4-5-7-14(12)23-17)8-15(21-10)19(26)22-11(2)18(25)24-16(9-29-3)20(27)28/h4-8,11,16,23H,9H2,1-3H3,(H,22,26)(H,24,25)(H,27,28). The Labute approximate surface area is 171 Å². The highest BCUT2D eigenvalue weighted by molar-refractivity contribution is 7.98. The van der Waals surface area contributed by atoms with Crippen molar-refractivity contribution < 1.29 is 19.5 Å². The van der Waals surface area contributed by atoms with Crippen LogP contribution in [0, 0.1) is 6.92 Å². The van der Waals surface area contributed by atoms with Crippen LogP contribution in [0.3, 0.4) is 0 Å². The number of para-hydroxylation sites is 1. The number of nitrogens with zero attached hydrogens (tertiary/aromatic N) is 1. The molecule has 152 valence electrons. The van der Waals surface area contributed by atoms with Crippen molar-refractivity contribution in [3.8, 4) is 0 Å². The number of aromatic amines is 1. The van der Waals surface area contributed by atoms with Gasteiger partial charge in [-0.05, 0) is 32.2 Å². The maximum absolute atomic E-state index is 12.7. The Morgan fingerprint density at radius 1 is 1.21 bits per heavy atom. The third-order valence-corrected chi connectivity index (χ3v) is 5.27. The molecular formula is C20H22N4O4S. The number of hydrogen-bond acceptors (Lipinski definition) is 5. The van der Waals surface area contributed by atoms with Gasteiger partial charge >= 0.3 is 5.97 Å². The number of benzene rings is 1. The first kappa shape index (κ1) is 20.7. The van der Waals surface area contributed by atoms with Crippen molar-refractivity contribution in [3.63, 3.8) is 0 Å². The number of carbonyl (C=O) groups excluding carboxylic acids is 2. The number of aromatic nitrogens is 2. The second-order valence-corrected chi connectivity index (χ2v) is 7.65. The molecule has 0 spiro atoms. The van der Waals surface area contributed by atoms with Gasteiger partial charge in [0.2, 0.25) is 5.91 Å². The third-order valence-electron chi connectivity index (χ3n) is 4.60. The fourth-order valence-electron chi connectivity index (χ4n) is 3.10. The van der Waals surface area contributed by atoms with Gasteiger partial charge < -0.3 is 20.7 Å². The van der Waals surface area contributed by atoms with Crippen molar-refractivity contribution in [3.05, 3.63) is 41.7 Å². The van der Waals surface area contributed by atoms with Crippen LogP contribution < -0.4 is 10.6 Å². The van der Waals surface area contributed by atoms with Gasteiger partial charge in [-0.25, -0.2) is 9.78 Å². The van der Waals surface area contributed by atoms with E-state index < -0.39 is 29.9 Å². The fraction of sp³-hybridized carbons (Fsp3) is 0.300. The Morgan fingerprint density at radius 3 is 2.62 bits per heavy atom. The number of thioether (sulfide) groups is 1. The molecule has 2 aromatic heterocycles. The SMILES string of the molecule is CSCC(NC(=O)C(C)NC(=O)c1cc2c([nH]c3ccccc32)c(C)n1)C(=O)O. The molecule has 2 unspecified atom stereocenters. The predicted molar refractivity (Wildman–Crippen MR) is 113 cm³/mol. The Morgan fingerprint density at radius 2 is 1.93 bits per heavy atom. The zero-order valence-corrected chi connectivity index (χ0v) is 17.1. The highest BCUT2D eigenvalue weighted by atomic mass is 32.2. The van der Waals surface area contributed by atoms with Crippen LogP contribution in [0.2, 0.25) is 0 Å². The van der Waals surface area contributed by atoms with Gasteiger partial charge in [-0.1, -0.05) is 18.2 Å². The summed E-state index contributed by atoms with van der Waals surface area (Å²) in [6, 6.07) is 7.53. The molecule has 0 fully saturated rings. The van der Waals surface area contributed by atoms with Crippen LogP contribution in [-0.4, -0.2) is 57.0 Å². The maximum Gasteiger partial charge on any atom is 0.327 e. The van der Waals surface area contributed by atoms with Gasteiger partial charge in [0.15, 0.2) is 0 Å². The molecule has 29 heavy (non-hydrogen) atoms.